The number of aromatic nitrogens is 5. The van der Waals surface area contributed by atoms with Gasteiger partial charge in [0.1, 0.15) is 6.33 Å². The molecule has 0 radical (unpaired) electrons. The molecule has 0 bridgehead atoms. The van der Waals surface area contributed by atoms with Gasteiger partial charge in [0.05, 0.1) is 0 Å². The van der Waals surface area contributed by atoms with Gasteiger partial charge >= 0.3 is 0 Å². The zero-order valence-electron chi connectivity index (χ0n) is 11.1. The van der Waals surface area contributed by atoms with E-state index >= 15 is 0 Å². The molecule has 0 amide bonds. The van der Waals surface area contributed by atoms with Crippen LogP contribution < -0.4 is 5.32 Å². The van der Waals surface area contributed by atoms with Crippen molar-refractivity contribution >= 4 is 29.3 Å². The van der Waals surface area contributed by atoms with Gasteiger partial charge in [0.15, 0.2) is 0 Å². The number of hydrogen-bond donors (Lipinski definition) is 1. The second-order valence-electron chi connectivity index (χ2n) is 4.79. The molecular formula is C12H15ClN6S. The van der Waals surface area contributed by atoms with Crippen LogP contribution in [-0.2, 0) is 0 Å². The van der Waals surface area contributed by atoms with Gasteiger partial charge in [0.2, 0.25) is 17.2 Å². The van der Waals surface area contributed by atoms with E-state index in [0.29, 0.717) is 16.6 Å². The Morgan fingerprint density at radius 3 is 2.85 bits per heavy atom. The third kappa shape index (κ3) is 2.73. The van der Waals surface area contributed by atoms with Crippen LogP contribution >= 0.6 is 23.4 Å². The van der Waals surface area contributed by atoms with Crippen LogP contribution in [0.4, 0.5) is 5.95 Å². The van der Waals surface area contributed by atoms with Gasteiger partial charge in [-0.25, -0.2) is 4.98 Å². The number of hydrogen-bond acceptors (Lipinski definition) is 6. The Morgan fingerprint density at radius 1 is 1.40 bits per heavy atom. The summed E-state index contributed by atoms with van der Waals surface area (Å²) in [5, 5.41) is 3.46. The van der Waals surface area contributed by atoms with Crippen molar-refractivity contribution in [1.29, 1.82) is 0 Å². The summed E-state index contributed by atoms with van der Waals surface area (Å²) in [4.78, 5) is 16.6. The quantitative estimate of drug-likeness (QED) is 0.914. The molecule has 1 aliphatic carbocycles. The summed E-state index contributed by atoms with van der Waals surface area (Å²) in [7, 11) is 0. The minimum Gasteiger partial charge on any atom is -0.353 e. The van der Waals surface area contributed by atoms with E-state index in [1.165, 1.54) is 19.3 Å². The average molecular weight is 311 g/mol. The lowest BCUT2D eigenvalue weighted by molar-refractivity contribution is 0.379. The second-order valence-corrected chi connectivity index (χ2v) is 6.40. The minimum absolute atomic E-state index is 0.179. The van der Waals surface area contributed by atoms with E-state index in [1.807, 2.05) is 11.8 Å². The molecule has 3 rings (SSSR count). The highest BCUT2D eigenvalue weighted by Gasteiger charge is 2.36. The van der Waals surface area contributed by atoms with E-state index in [-0.39, 0.29) is 5.28 Å². The van der Waals surface area contributed by atoms with E-state index < -0.39 is 0 Å². The molecule has 0 unspecified atom stereocenters. The smallest absolute Gasteiger partial charge is 0.241 e. The first-order chi connectivity index (χ1) is 9.71. The van der Waals surface area contributed by atoms with Crippen LogP contribution in [0.15, 0.2) is 18.7 Å². The van der Waals surface area contributed by atoms with Gasteiger partial charge in [-0.1, -0.05) is 6.42 Å². The van der Waals surface area contributed by atoms with Gasteiger partial charge in [-0.05, 0) is 30.7 Å². The molecule has 20 heavy (non-hydrogen) atoms. The molecule has 0 spiro atoms. The predicted molar refractivity (Wildman–Crippen MR) is 80.5 cm³/mol. The molecule has 0 atom stereocenters. The van der Waals surface area contributed by atoms with Crippen LogP contribution in [0, 0.1) is 0 Å². The molecule has 6 nitrogen and oxygen atoms in total. The molecule has 1 saturated carbocycles. The highest BCUT2D eigenvalue weighted by atomic mass is 35.5. The standard InChI is InChI=1S/C12H15ClN6S/c1-20-12(3-2-4-12)7-15-10-16-9(13)17-11(18-10)19-6-5-14-8-19/h5-6,8H,2-4,7H2,1H3,(H,15,16,17,18). The van der Waals surface area contributed by atoms with Gasteiger partial charge in [0.25, 0.3) is 0 Å². The fraction of sp³-hybridized carbons (Fsp3) is 0.500. The zero-order chi connectivity index (χ0) is 14.0. The Balaban J connectivity index is 1.76. The van der Waals surface area contributed by atoms with Crippen molar-refractivity contribution in [1.82, 2.24) is 24.5 Å². The number of anilines is 1. The second kappa shape index (κ2) is 5.57. The Labute approximate surface area is 126 Å². The van der Waals surface area contributed by atoms with Crippen LogP contribution in [0.25, 0.3) is 5.95 Å². The van der Waals surface area contributed by atoms with Gasteiger partial charge in [-0.3, -0.25) is 4.57 Å². The Morgan fingerprint density at radius 2 is 2.25 bits per heavy atom. The summed E-state index contributed by atoms with van der Waals surface area (Å²) in [5.41, 5.74) is 0. The van der Waals surface area contributed by atoms with Gasteiger partial charge in [-0.15, -0.1) is 0 Å². The molecule has 2 heterocycles. The zero-order valence-corrected chi connectivity index (χ0v) is 12.7. The van der Waals surface area contributed by atoms with E-state index in [9.17, 15) is 0 Å². The SMILES string of the molecule is CSC1(CNc2nc(Cl)nc(-n3ccnc3)n2)CCC1. The number of imidazole rings is 1. The van der Waals surface area contributed by atoms with E-state index in [1.54, 1.807) is 23.3 Å². The number of rotatable bonds is 5. The lowest BCUT2D eigenvalue weighted by atomic mass is 9.84. The normalized spacial score (nSPS) is 16.7. The first-order valence-electron chi connectivity index (χ1n) is 6.40. The summed E-state index contributed by atoms with van der Waals surface area (Å²) in [6.45, 7) is 0.845. The van der Waals surface area contributed by atoms with Gasteiger partial charge < -0.3 is 5.32 Å². The summed E-state index contributed by atoms with van der Waals surface area (Å²) in [6, 6.07) is 0. The first kappa shape index (κ1) is 13.6. The summed E-state index contributed by atoms with van der Waals surface area (Å²) < 4.78 is 2.01. The summed E-state index contributed by atoms with van der Waals surface area (Å²) >= 11 is 7.86. The highest BCUT2D eigenvalue weighted by Crippen LogP contribution is 2.42. The summed E-state index contributed by atoms with van der Waals surface area (Å²) in [5.74, 6) is 0.978. The fourth-order valence-electron chi connectivity index (χ4n) is 2.18. The van der Waals surface area contributed by atoms with Crippen LogP contribution in [-0.4, -0.2) is 42.1 Å². The lowest BCUT2D eigenvalue weighted by Crippen LogP contribution is -2.40. The van der Waals surface area contributed by atoms with Crippen molar-refractivity contribution in [2.24, 2.45) is 0 Å². The molecule has 8 heteroatoms. The summed E-state index contributed by atoms with van der Waals surface area (Å²) in [6.07, 6.45) is 11.0. The van der Waals surface area contributed by atoms with Gasteiger partial charge in [-0.2, -0.15) is 26.7 Å². The van der Waals surface area contributed by atoms with Crippen molar-refractivity contribution in [2.45, 2.75) is 24.0 Å². The highest BCUT2D eigenvalue weighted by molar-refractivity contribution is 8.00. The molecule has 0 aromatic carbocycles. The van der Waals surface area contributed by atoms with Gasteiger partial charge in [0, 0.05) is 23.7 Å². The first-order valence-corrected chi connectivity index (χ1v) is 8.00. The number of nitrogens with zero attached hydrogens (tertiary/aromatic N) is 5. The van der Waals surface area contributed by atoms with Crippen molar-refractivity contribution < 1.29 is 0 Å². The molecule has 0 aliphatic heterocycles. The number of halogens is 1. The maximum absolute atomic E-state index is 5.96. The Hall–Kier alpha value is -1.34. The Bertz CT molecular complexity index is 578. The average Bonchev–Trinajstić information content (AvgIpc) is 2.91. The molecule has 1 N–H and O–H groups in total. The van der Waals surface area contributed by atoms with Crippen molar-refractivity contribution in [3.63, 3.8) is 0 Å². The third-order valence-corrected chi connectivity index (χ3v) is 5.19. The molecule has 1 fully saturated rings. The molecule has 2 aromatic rings. The fourth-order valence-corrected chi connectivity index (χ4v) is 3.24. The van der Waals surface area contributed by atoms with E-state index in [0.717, 1.165) is 6.54 Å². The van der Waals surface area contributed by atoms with Crippen LogP contribution in [0.1, 0.15) is 19.3 Å². The number of thioether (sulfide) groups is 1. The third-order valence-electron chi connectivity index (χ3n) is 3.60. The maximum Gasteiger partial charge on any atom is 0.241 e. The van der Waals surface area contributed by atoms with Crippen molar-refractivity contribution in [2.75, 3.05) is 18.1 Å². The topological polar surface area (TPSA) is 68.5 Å². The van der Waals surface area contributed by atoms with E-state index in [2.05, 4.69) is 31.5 Å². The Kier molecular flexibility index (Phi) is 3.80. The number of nitrogens with one attached hydrogen (secondary N) is 1. The van der Waals surface area contributed by atoms with E-state index in [4.69, 9.17) is 11.6 Å². The van der Waals surface area contributed by atoms with Crippen LogP contribution in [0.2, 0.25) is 5.28 Å². The maximum atomic E-state index is 5.96. The molecule has 0 saturated heterocycles. The largest absolute Gasteiger partial charge is 0.353 e. The molecule has 106 valence electrons. The predicted octanol–water partition coefficient (Wildman–Crippen LogP) is 2.41. The van der Waals surface area contributed by atoms with Crippen molar-refractivity contribution in [3.05, 3.63) is 24.0 Å². The molecule has 1 aliphatic rings. The van der Waals surface area contributed by atoms with Crippen molar-refractivity contribution in [3.8, 4) is 5.95 Å². The minimum atomic E-state index is 0.179. The monoisotopic (exact) mass is 310 g/mol. The van der Waals surface area contributed by atoms with Crippen LogP contribution in [0.5, 0.6) is 0 Å². The molecular weight excluding hydrogens is 296 g/mol. The molecule has 2 aromatic heterocycles. The lowest BCUT2D eigenvalue weighted by Gasteiger charge is -2.40. The van der Waals surface area contributed by atoms with Crippen LogP contribution in [0.3, 0.4) is 0 Å².